The molecule has 6 nitrogen and oxygen atoms in total. The minimum Gasteiger partial charge on any atom is -0.308 e. The molecule has 104 valence electrons. The van der Waals surface area contributed by atoms with Crippen LogP contribution in [0.25, 0.3) is 0 Å². The number of amides is 1. The molecule has 0 radical (unpaired) electrons. The van der Waals surface area contributed by atoms with Gasteiger partial charge >= 0.3 is 0 Å². The van der Waals surface area contributed by atoms with Crippen LogP contribution in [-0.2, 0) is 11.3 Å². The first-order valence-electron chi connectivity index (χ1n) is 6.34. The first kappa shape index (κ1) is 13.9. The lowest BCUT2D eigenvalue weighted by atomic mass is 10.2. The molecule has 2 aromatic rings. The highest BCUT2D eigenvalue weighted by Crippen LogP contribution is 2.17. The van der Waals surface area contributed by atoms with E-state index in [2.05, 4.69) is 10.3 Å². The van der Waals surface area contributed by atoms with Crippen LogP contribution in [0.2, 0.25) is 0 Å². The molecule has 2 rings (SSSR count). The fraction of sp³-hybridized carbons (Fsp3) is 0.286. The van der Waals surface area contributed by atoms with Crippen LogP contribution in [0, 0.1) is 0 Å². The van der Waals surface area contributed by atoms with Crippen molar-refractivity contribution in [2.45, 2.75) is 26.4 Å². The van der Waals surface area contributed by atoms with Crippen LogP contribution >= 0.6 is 0 Å². The summed E-state index contributed by atoms with van der Waals surface area (Å²) >= 11 is 0. The van der Waals surface area contributed by atoms with Crippen LogP contribution in [-0.4, -0.2) is 33.2 Å². The van der Waals surface area contributed by atoms with Crippen molar-refractivity contribution < 1.29 is 9.59 Å². The number of benzene rings is 1. The van der Waals surface area contributed by atoms with Crippen LogP contribution in [0.5, 0.6) is 0 Å². The lowest BCUT2D eigenvalue weighted by molar-refractivity contribution is -0.119. The van der Waals surface area contributed by atoms with E-state index in [0.29, 0.717) is 6.29 Å². The molecule has 0 unspecified atom stereocenters. The molecule has 0 aliphatic heterocycles. The van der Waals surface area contributed by atoms with Crippen molar-refractivity contribution in [2.24, 2.45) is 0 Å². The lowest BCUT2D eigenvalue weighted by Crippen LogP contribution is -2.39. The van der Waals surface area contributed by atoms with Gasteiger partial charge in [0.15, 0.2) is 6.29 Å². The molecule has 20 heavy (non-hydrogen) atoms. The van der Waals surface area contributed by atoms with E-state index in [1.807, 2.05) is 44.2 Å². The zero-order chi connectivity index (χ0) is 14.5. The fourth-order valence-electron chi connectivity index (χ4n) is 1.98. The Morgan fingerprint density at radius 2 is 2.05 bits per heavy atom. The Morgan fingerprint density at radius 3 is 2.60 bits per heavy atom. The average Bonchev–Trinajstić information content (AvgIpc) is 2.87. The van der Waals surface area contributed by atoms with Gasteiger partial charge in [0.25, 0.3) is 0 Å². The van der Waals surface area contributed by atoms with Crippen molar-refractivity contribution in [3.05, 3.63) is 42.2 Å². The van der Waals surface area contributed by atoms with Gasteiger partial charge < -0.3 is 4.90 Å². The summed E-state index contributed by atoms with van der Waals surface area (Å²) in [6.07, 6.45) is 2.06. The zero-order valence-electron chi connectivity index (χ0n) is 11.4. The third kappa shape index (κ3) is 3.09. The summed E-state index contributed by atoms with van der Waals surface area (Å²) in [5.74, 6) is -0.103. The molecule has 1 heterocycles. The third-order valence-electron chi connectivity index (χ3n) is 2.79. The summed E-state index contributed by atoms with van der Waals surface area (Å²) < 4.78 is 1.37. The van der Waals surface area contributed by atoms with E-state index < -0.39 is 0 Å². The van der Waals surface area contributed by atoms with Crippen LogP contribution in [0.4, 0.5) is 5.69 Å². The molecule has 1 amide bonds. The van der Waals surface area contributed by atoms with Crippen molar-refractivity contribution in [2.75, 3.05) is 4.90 Å². The number of carbonyl (C=O) groups is 2. The monoisotopic (exact) mass is 272 g/mol. The van der Waals surface area contributed by atoms with Gasteiger partial charge in [-0.05, 0) is 26.0 Å². The predicted molar refractivity (Wildman–Crippen MR) is 74.5 cm³/mol. The van der Waals surface area contributed by atoms with Gasteiger partial charge in [-0.15, -0.1) is 5.10 Å². The maximum absolute atomic E-state index is 12.4. The summed E-state index contributed by atoms with van der Waals surface area (Å²) in [5, 5.41) is 7.39. The number of hydrogen-bond acceptors (Lipinski definition) is 4. The van der Waals surface area contributed by atoms with Gasteiger partial charge in [0, 0.05) is 11.7 Å². The average molecular weight is 272 g/mol. The van der Waals surface area contributed by atoms with E-state index in [4.69, 9.17) is 0 Å². The Hall–Kier alpha value is -2.50. The summed E-state index contributed by atoms with van der Waals surface area (Å²) in [4.78, 5) is 24.7. The Balaban J connectivity index is 2.17. The maximum Gasteiger partial charge on any atom is 0.249 e. The number of aromatic nitrogens is 3. The number of rotatable bonds is 5. The Morgan fingerprint density at radius 1 is 1.35 bits per heavy atom. The van der Waals surface area contributed by atoms with Crippen LogP contribution in [0.1, 0.15) is 24.3 Å². The number of anilines is 1. The van der Waals surface area contributed by atoms with E-state index in [0.717, 1.165) is 5.69 Å². The molecule has 1 aromatic carbocycles. The molecule has 0 fully saturated rings. The van der Waals surface area contributed by atoms with E-state index in [1.54, 1.807) is 4.90 Å². The Bertz CT molecular complexity index is 592. The third-order valence-corrected chi connectivity index (χ3v) is 2.79. The van der Waals surface area contributed by atoms with Gasteiger partial charge in [0.1, 0.15) is 12.2 Å². The Labute approximate surface area is 117 Å². The highest BCUT2D eigenvalue weighted by atomic mass is 16.2. The van der Waals surface area contributed by atoms with Gasteiger partial charge in [0.05, 0.1) is 6.20 Å². The fourth-order valence-corrected chi connectivity index (χ4v) is 1.98. The maximum atomic E-state index is 12.4. The van der Waals surface area contributed by atoms with Gasteiger partial charge in [-0.25, -0.2) is 4.68 Å². The molecule has 0 aliphatic carbocycles. The SMILES string of the molecule is CC(C)N(C(=O)Cn1cc(C=O)nn1)c1ccccc1. The first-order valence-corrected chi connectivity index (χ1v) is 6.34. The molecule has 0 N–H and O–H groups in total. The number of nitrogens with zero attached hydrogens (tertiary/aromatic N) is 4. The van der Waals surface area contributed by atoms with Crippen molar-refractivity contribution >= 4 is 17.9 Å². The molecular weight excluding hydrogens is 256 g/mol. The molecule has 0 saturated heterocycles. The topological polar surface area (TPSA) is 68.1 Å². The normalized spacial score (nSPS) is 10.6. The largest absolute Gasteiger partial charge is 0.308 e. The predicted octanol–water partition coefficient (Wildman–Crippen LogP) is 1.53. The molecule has 0 spiro atoms. The first-order chi connectivity index (χ1) is 9.61. The van der Waals surface area contributed by atoms with Crippen molar-refractivity contribution in [3.8, 4) is 0 Å². The summed E-state index contributed by atoms with van der Waals surface area (Å²) in [6.45, 7) is 3.94. The minimum atomic E-state index is -0.103. The van der Waals surface area contributed by atoms with E-state index in [9.17, 15) is 9.59 Å². The smallest absolute Gasteiger partial charge is 0.249 e. The summed E-state index contributed by atoms with van der Waals surface area (Å²) in [6, 6.07) is 9.47. The zero-order valence-corrected chi connectivity index (χ0v) is 11.4. The Kier molecular flexibility index (Phi) is 4.24. The second kappa shape index (κ2) is 6.10. The molecule has 0 saturated carbocycles. The van der Waals surface area contributed by atoms with Crippen molar-refractivity contribution in [1.82, 2.24) is 15.0 Å². The molecule has 0 bridgehead atoms. The number of aldehydes is 1. The highest BCUT2D eigenvalue weighted by molar-refractivity contribution is 5.93. The van der Waals surface area contributed by atoms with Gasteiger partial charge in [0.2, 0.25) is 5.91 Å². The van der Waals surface area contributed by atoms with Crippen LogP contribution in [0.3, 0.4) is 0 Å². The molecule has 1 aromatic heterocycles. The van der Waals surface area contributed by atoms with Gasteiger partial charge in [-0.2, -0.15) is 0 Å². The van der Waals surface area contributed by atoms with E-state index >= 15 is 0 Å². The number of para-hydroxylation sites is 1. The lowest BCUT2D eigenvalue weighted by Gasteiger charge is -2.26. The highest BCUT2D eigenvalue weighted by Gasteiger charge is 2.19. The summed E-state index contributed by atoms with van der Waals surface area (Å²) in [7, 11) is 0. The number of carbonyl (C=O) groups excluding carboxylic acids is 2. The van der Waals surface area contributed by atoms with Crippen molar-refractivity contribution in [3.63, 3.8) is 0 Å². The molecule has 0 atom stereocenters. The molecule has 6 heteroatoms. The second-order valence-corrected chi connectivity index (χ2v) is 4.65. The standard InChI is InChI=1S/C14H16N4O2/c1-11(2)18(13-6-4-3-5-7-13)14(20)9-17-8-12(10-19)15-16-17/h3-8,10-11H,9H2,1-2H3. The van der Waals surface area contributed by atoms with Gasteiger partial charge in [-0.3, -0.25) is 9.59 Å². The molecule has 0 aliphatic rings. The van der Waals surface area contributed by atoms with E-state index in [1.165, 1.54) is 10.9 Å². The minimum absolute atomic E-state index is 0.0268. The van der Waals surface area contributed by atoms with Crippen LogP contribution in [0.15, 0.2) is 36.5 Å². The quantitative estimate of drug-likeness (QED) is 0.774. The van der Waals surface area contributed by atoms with Crippen LogP contribution < -0.4 is 4.90 Å². The van der Waals surface area contributed by atoms with Gasteiger partial charge in [-0.1, -0.05) is 23.4 Å². The second-order valence-electron chi connectivity index (χ2n) is 4.65. The van der Waals surface area contributed by atoms with E-state index in [-0.39, 0.29) is 24.2 Å². The molecular formula is C14H16N4O2. The number of hydrogen-bond donors (Lipinski definition) is 0. The summed E-state index contributed by atoms with van der Waals surface area (Å²) in [5.41, 5.74) is 1.05. The van der Waals surface area contributed by atoms with Crippen molar-refractivity contribution in [1.29, 1.82) is 0 Å².